The third-order valence-corrected chi connectivity index (χ3v) is 3.41. The standard InChI is InChI=1S/C14H13NO3S/c16-13(15-7-5-10-6-8-19-9-10)11-3-1-2-4-12(11)14(17)18/h1-4,6,8-9H,5,7H2,(H,15,16)(H,17,18). The van der Waals surface area contributed by atoms with Crippen molar-refractivity contribution >= 4 is 23.2 Å². The normalized spacial score (nSPS) is 10.1. The number of aromatic carboxylic acids is 1. The van der Waals surface area contributed by atoms with Gasteiger partial charge < -0.3 is 10.4 Å². The van der Waals surface area contributed by atoms with Gasteiger partial charge in [0.05, 0.1) is 11.1 Å². The molecule has 1 aromatic heterocycles. The van der Waals surface area contributed by atoms with Gasteiger partial charge in [0, 0.05) is 6.54 Å². The Morgan fingerprint density at radius 3 is 2.53 bits per heavy atom. The molecule has 0 radical (unpaired) electrons. The second-order valence-corrected chi connectivity index (χ2v) is 4.77. The van der Waals surface area contributed by atoms with Crippen LogP contribution in [-0.2, 0) is 6.42 Å². The summed E-state index contributed by atoms with van der Waals surface area (Å²) in [6.45, 7) is 0.490. The average molecular weight is 275 g/mol. The lowest BCUT2D eigenvalue weighted by Gasteiger charge is -2.07. The zero-order valence-corrected chi connectivity index (χ0v) is 10.9. The summed E-state index contributed by atoms with van der Waals surface area (Å²) in [5.74, 6) is -1.45. The number of hydrogen-bond donors (Lipinski definition) is 2. The summed E-state index contributed by atoms with van der Waals surface area (Å²) >= 11 is 1.61. The lowest BCUT2D eigenvalue weighted by atomic mass is 10.1. The summed E-state index contributed by atoms with van der Waals surface area (Å²) in [5.41, 5.74) is 1.38. The molecule has 2 aromatic rings. The van der Waals surface area contributed by atoms with Crippen molar-refractivity contribution < 1.29 is 14.7 Å². The predicted molar refractivity (Wildman–Crippen MR) is 73.8 cm³/mol. The summed E-state index contributed by atoms with van der Waals surface area (Å²) in [6.07, 6.45) is 0.741. The Morgan fingerprint density at radius 1 is 1.16 bits per heavy atom. The van der Waals surface area contributed by atoms with Gasteiger partial charge in [-0.1, -0.05) is 12.1 Å². The molecule has 0 bridgehead atoms. The molecular formula is C14H13NO3S. The van der Waals surface area contributed by atoms with Crippen LogP contribution in [0.3, 0.4) is 0 Å². The fourth-order valence-corrected chi connectivity index (χ4v) is 2.42. The number of thiophene rings is 1. The van der Waals surface area contributed by atoms with Crippen LogP contribution in [0, 0.1) is 0 Å². The smallest absolute Gasteiger partial charge is 0.336 e. The van der Waals surface area contributed by atoms with E-state index < -0.39 is 5.97 Å². The summed E-state index contributed by atoms with van der Waals surface area (Å²) in [7, 11) is 0. The molecule has 19 heavy (non-hydrogen) atoms. The molecule has 98 valence electrons. The molecule has 4 nitrogen and oxygen atoms in total. The van der Waals surface area contributed by atoms with E-state index in [1.807, 2.05) is 16.8 Å². The van der Waals surface area contributed by atoms with Crippen molar-refractivity contribution in [3.63, 3.8) is 0 Å². The molecule has 0 unspecified atom stereocenters. The lowest BCUT2D eigenvalue weighted by molar-refractivity contribution is 0.0691. The number of hydrogen-bond acceptors (Lipinski definition) is 3. The molecule has 1 heterocycles. The second-order valence-electron chi connectivity index (χ2n) is 3.99. The average Bonchev–Trinajstić information content (AvgIpc) is 2.91. The van der Waals surface area contributed by atoms with Crippen LogP contribution in [0.25, 0.3) is 0 Å². The molecule has 0 aliphatic rings. The second kappa shape index (κ2) is 6.15. The molecule has 0 saturated heterocycles. The van der Waals surface area contributed by atoms with Crippen LogP contribution < -0.4 is 5.32 Å². The van der Waals surface area contributed by atoms with Gasteiger partial charge in [-0.05, 0) is 40.9 Å². The van der Waals surface area contributed by atoms with Crippen LogP contribution in [0.5, 0.6) is 0 Å². The van der Waals surface area contributed by atoms with Crippen molar-refractivity contribution in [2.45, 2.75) is 6.42 Å². The number of amides is 1. The van der Waals surface area contributed by atoms with Crippen LogP contribution >= 0.6 is 11.3 Å². The number of carboxylic acids is 1. The molecule has 1 aromatic carbocycles. The number of nitrogens with one attached hydrogen (secondary N) is 1. The molecule has 0 atom stereocenters. The Hall–Kier alpha value is -2.14. The fraction of sp³-hybridized carbons (Fsp3) is 0.143. The largest absolute Gasteiger partial charge is 0.478 e. The Bertz CT molecular complexity index is 578. The van der Waals surface area contributed by atoms with Crippen molar-refractivity contribution in [1.29, 1.82) is 0 Å². The van der Waals surface area contributed by atoms with E-state index in [1.165, 1.54) is 12.1 Å². The fourth-order valence-electron chi connectivity index (χ4n) is 1.72. The molecule has 2 N–H and O–H groups in total. The maximum absolute atomic E-state index is 11.9. The van der Waals surface area contributed by atoms with Gasteiger partial charge in [0.1, 0.15) is 0 Å². The van der Waals surface area contributed by atoms with Gasteiger partial charge in [-0.25, -0.2) is 4.79 Å². The molecule has 0 saturated carbocycles. The van der Waals surface area contributed by atoms with E-state index >= 15 is 0 Å². The van der Waals surface area contributed by atoms with Crippen molar-refractivity contribution in [3.05, 3.63) is 57.8 Å². The van der Waals surface area contributed by atoms with E-state index in [1.54, 1.807) is 23.5 Å². The van der Waals surface area contributed by atoms with Gasteiger partial charge in [0.25, 0.3) is 5.91 Å². The van der Waals surface area contributed by atoms with E-state index in [9.17, 15) is 9.59 Å². The molecule has 5 heteroatoms. The summed E-state index contributed by atoms with van der Waals surface area (Å²) < 4.78 is 0. The molecule has 2 rings (SSSR count). The molecular weight excluding hydrogens is 262 g/mol. The minimum atomic E-state index is -1.09. The van der Waals surface area contributed by atoms with Gasteiger partial charge in [-0.2, -0.15) is 11.3 Å². The molecule has 1 amide bonds. The number of carbonyl (C=O) groups excluding carboxylic acids is 1. The summed E-state index contributed by atoms with van der Waals surface area (Å²) in [4.78, 5) is 22.9. The molecule has 0 spiro atoms. The minimum Gasteiger partial charge on any atom is -0.478 e. The number of rotatable bonds is 5. The number of carboxylic acid groups (broad SMARTS) is 1. The van der Waals surface area contributed by atoms with Gasteiger partial charge in [-0.3, -0.25) is 4.79 Å². The maximum atomic E-state index is 11.9. The highest BCUT2D eigenvalue weighted by atomic mass is 32.1. The first-order valence-electron chi connectivity index (χ1n) is 5.80. The van der Waals surface area contributed by atoms with Crippen LogP contribution in [0.15, 0.2) is 41.1 Å². The molecule has 0 aliphatic heterocycles. The predicted octanol–water partition coefficient (Wildman–Crippen LogP) is 2.42. The van der Waals surface area contributed by atoms with Crippen molar-refractivity contribution in [2.24, 2.45) is 0 Å². The monoisotopic (exact) mass is 275 g/mol. The van der Waals surface area contributed by atoms with Crippen LogP contribution in [0.4, 0.5) is 0 Å². The van der Waals surface area contributed by atoms with E-state index in [4.69, 9.17) is 5.11 Å². The molecule has 0 aliphatic carbocycles. The molecule has 0 fully saturated rings. The van der Waals surface area contributed by atoms with Gasteiger partial charge in [0.2, 0.25) is 0 Å². The third kappa shape index (κ3) is 3.42. The van der Waals surface area contributed by atoms with Crippen molar-refractivity contribution in [3.8, 4) is 0 Å². The summed E-state index contributed by atoms with van der Waals surface area (Å²) in [5, 5.41) is 15.8. The van der Waals surface area contributed by atoms with Crippen LogP contribution in [0.1, 0.15) is 26.3 Å². The lowest BCUT2D eigenvalue weighted by Crippen LogP contribution is -2.27. The van der Waals surface area contributed by atoms with Gasteiger partial charge in [0.15, 0.2) is 0 Å². The van der Waals surface area contributed by atoms with Crippen LogP contribution in [-0.4, -0.2) is 23.5 Å². The number of carbonyl (C=O) groups is 2. The Morgan fingerprint density at radius 2 is 1.89 bits per heavy atom. The highest BCUT2D eigenvalue weighted by molar-refractivity contribution is 7.07. The van der Waals surface area contributed by atoms with Gasteiger partial charge >= 0.3 is 5.97 Å². The summed E-state index contributed by atoms with van der Waals surface area (Å²) in [6, 6.07) is 8.20. The van der Waals surface area contributed by atoms with E-state index in [0.29, 0.717) is 6.54 Å². The zero-order chi connectivity index (χ0) is 13.7. The Kier molecular flexibility index (Phi) is 4.30. The van der Waals surface area contributed by atoms with E-state index in [2.05, 4.69) is 5.32 Å². The highest BCUT2D eigenvalue weighted by Gasteiger charge is 2.14. The van der Waals surface area contributed by atoms with Crippen molar-refractivity contribution in [2.75, 3.05) is 6.54 Å². The van der Waals surface area contributed by atoms with Crippen molar-refractivity contribution in [1.82, 2.24) is 5.32 Å². The van der Waals surface area contributed by atoms with Crippen LogP contribution in [0.2, 0.25) is 0 Å². The minimum absolute atomic E-state index is 0.0236. The quantitative estimate of drug-likeness (QED) is 0.880. The van der Waals surface area contributed by atoms with E-state index in [0.717, 1.165) is 12.0 Å². The number of benzene rings is 1. The van der Waals surface area contributed by atoms with Gasteiger partial charge in [-0.15, -0.1) is 0 Å². The Labute approximate surface area is 114 Å². The first-order valence-corrected chi connectivity index (χ1v) is 6.74. The van der Waals surface area contributed by atoms with E-state index in [-0.39, 0.29) is 17.0 Å². The first-order chi connectivity index (χ1) is 9.18. The first kappa shape index (κ1) is 13.3. The highest BCUT2D eigenvalue weighted by Crippen LogP contribution is 2.09. The SMILES string of the molecule is O=C(O)c1ccccc1C(=O)NCCc1ccsc1. The topological polar surface area (TPSA) is 66.4 Å². The zero-order valence-electron chi connectivity index (χ0n) is 10.1. The maximum Gasteiger partial charge on any atom is 0.336 e. The third-order valence-electron chi connectivity index (χ3n) is 2.68. The Balaban J connectivity index is 1.98.